The molecule has 36 heavy (non-hydrogen) atoms. The number of benzene rings is 3. The zero-order valence-corrected chi connectivity index (χ0v) is 24.2. The van der Waals surface area contributed by atoms with Gasteiger partial charge >= 0.3 is 218 Å². The maximum atomic E-state index is 13.9. The van der Waals surface area contributed by atoms with Gasteiger partial charge in [-0.25, -0.2) is 0 Å². The molecular weight excluding hydrogens is 557 g/mol. The summed E-state index contributed by atoms with van der Waals surface area (Å²) < 4.78 is 12.0. The molecule has 0 N–H and O–H groups in total. The molecule has 6 heteroatoms. The Labute approximate surface area is 217 Å². The van der Waals surface area contributed by atoms with E-state index in [-0.39, 0.29) is 17.9 Å². The van der Waals surface area contributed by atoms with Crippen LogP contribution in [0, 0.1) is 0 Å². The summed E-state index contributed by atoms with van der Waals surface area (Å²) in [4.78, 5) is 36.1. The SMILES string of the molecule is CC1(OCc2ccccc2)C(=O)C[C]1(N1C(=O)O[C@H](c2ccccc2)[C@@H]1c1ccccc1)[Sn]([CH3])([CH3])[CH3]. The van der Waals surface area contributed by atoms with Crippen molar-refractivity contribution < 1.29 is 19.1 Å². The van der Waals surface area contributed by atoms with Crippen LogP contribution < -0.4 is 0 Å². The van der Waals surface area contributed by atoms with E-state index >= 15 is 0 Å². The molecular formula is C30H33NO4Sn. The second-order valence-corrected chi connectivity index (χ2v) is 26.2. The minimum absolute atomic E-state index is 0.0489. The Morgan fingerprint density at radius 2 is 1.39 bits per heavy atom. The van der Waals surface area contributed by atoms with Crippen LogP contribution >= 0.6 is 0 Å². The van der Waals surface area contributed by atoms with Crippen molar-refractivity contribution in [3.8, 4) is 0 Å². The zero-order valence-electron chi connectivity index (χ0n) is 21.3. The third-order valence-electron chi connectivity index (χ3n) is 8.02. The molecule has 0 spiro atoms. The molecule has 1 amide bonds. The summed E-state index contributed by atoms with van der Waals surface area (Å²) in [7, 11) is 0. The number of carbonyl (C=O) groups excluding carboxylic acids is 2. The van der Waals surface area contributed by atoms with Crippen molar-refractivity contribution in [3.63, 3.8) is 0 Å². The molecule has 2 unspecified atom stereocenters. The fraction of sp³-hybridized carbons (Fsp3) is 0.333. The van der Waals surface area contributed by atoms with Crippen LogP contribution in [0.25, 0.3) is 0 Å². The molecule has 5 nitrogen and oxygen atoms in total. The summed E-state index contributed by atoms with van der Waals surface area (Å²) in [5, 5.41) is 0. The number of hydrogen-bond donors (Lipinski definition) is 0. The molecule has 1 saturated carbocycles. The second kappa shape index (κ2) is 9.34. The fourth-order valence-electron chi connectivity index (χ4n) is 6.09. The number of carbonyl (C=O) groups is 2. The van der Waals surface area contributed by atoms with Gasteiger partial charge in [0.1, 0.15) is 0 Å². The summed E-state index contributed by atoms with van der Waals surface area (Å²) in [5.74, 6) is 0.0489. The van der Waals surface area contributed by atoms with E-state index in [0.717, 1.165) is 16.7 Å². The van der Waals surface area contributed by atoms with Gasteiger partial charge in [0, 0.05) is 0 Å². The van der Waals surface area contributed by atoms with Gasteiger partial charge in [-0.1, -0.05) is 0 Å². The Morgan fingerprint density at radius 3 is 1.92 bits per heavy atom. The molecule has 2 fully saturated rings. The average molecular weight is 590 g/mol. The normalized spacial score (nSPS) is 28.1. The van der Waals surface area contributed by atoms with Gasteiger partial charge < -0.3 is 0 Å². The molecule has 2 aliphatic rings. The topological polar surface area (TPSA) is 55.8 Å². The molecule has 5 rings (SSSR count). The molecule has 1 heterocycles. The molecule has 4 atom stereocenters. The third-order valence-corrected chi connectivity index (χ3v) is 17.7. The van der Waals surface area contributed by atoms with Crippen molar-refractivity contribution in [1.82, 2.24) is 4.90 Å². The predicted octanol–water partition coefficient (Wildman–Crippen LogP) is 6.49. The molecule has 3 aromatic rings. The van der Waals surface area contributed by atoms with Gasteiger partial charge in [-0.3, -0.25) is 0 Å². The summed E-state index contributed by atoms with van der Waals surface area (Å²) in [6.45, 7) is 2.21. The van der Waals surface area contributed by atoms with Gasteiger partial charge in [0.2, 0.25) is 0 Å². The first kappa shape index (κ1) is 25.0. The maximum absolute atomic E-state index is 13.9. The number of ether oxygens (including phenoxy) is 2. The van der Waals surface area contributed by atoms with E-state index in [9.17, 15) is 9.59 Å². The summed E-state index contributed by atoms with van der Waals surface area (Å²) in [6.07, 6.45) is -0.537. The average Bonchev–Trinajstić information content (AvgIpc) is 3.23. The van der Waals surface area contributed by atoms with Crippen LogP contribution in [-0.2, 0) is 20.9 Å². The van der Waals surface area contributed by atoms with E-state index < -0.39 is 33.6 Å². The van der Waals surface area contributed by atoms with Crippen LogP contribution in [0.2, 0.25) is 14.8 Å². The molecule has 186 valence electrons. The van der Waals surface area contributed by atoms with Crippen molar-refractivity contribution in [2.24, 2.45) is 0 Å². The van der Waals surface area contributed by atoms with Crippen molar-refractivity contribution in [1.29, 1.82) is 0 Å². The molecule has 1 aliphatic heterocycles. The fourth-order valence-corrected chi connectivity index (χ4v) is 15.5. The number of rotatable bonds is 7. The summed E-state index contributed by atoms with van der Waals surface area (Å²) in [6, 6.07) is 29.5. The molecule has 3 aromatic carbocycles. The number of hydrogen-bond acceptors (Lipinski definition) is 4. The standard InChI is InChI=1S/C27H24NO4.3CH3.Sn/c1-27(31-18-19-11-5-2-6-12-19)22(17-23(27)29)28-24(20-13-7-3-8-14-20)25(32-26(28)30)21-15-9-4-10-16-21;;;;/h2-16,24-25H,17-18H2,1H3;3*1H3;/t24-,25+,27?;;;;/m0..../s1. The van der Waals surface area contributed by atoms with Crippen LogP contribution in [-0.4, -0.2) is 44.3 Å². The summed E-state index contributed by atoms with van der Waals surface area (Å²) >= 11 is -3.19. The number of nitrogens with zero attached hydrogens (tertiary/aromatic N) is 1. The van der Waals surface area contributed by atoms with Crippen LogP contribution in [0.1, 0.15) is 42.2 Å². The van der Waals surface area contributed by atoms with Crippen molar-refractivity contribution in [2.75, 3.05) is 0 Å². The molecule has 0 radical (unpaired) electrons. The monoisotopic (exact) mass is 591 g/mol. The Hall–Kier alpha value is -2.64. The van der Waals surface area contributed by atoms with E-state index in [1.165, 1.54) is 0 Å². The van der Waals surface area contributed by atoms with Crippen LogP contribution in [0.4, 0.5) is 4.79 Å². The van der Waals surface area contributed by atoms with Crippen molar-refractivity contribution in [2.45, 2.75) is 56.1 Å². The van der Waals surface area contributed by atoms with Crippen LogP contribution in [0.3, 0.4) is 0 Å². The Kier molecular flexibility index (Phi) is 6.50. The van der Waals surface area contributed by atoms with Crippen molar-refractivity contribution in [3.05, 3.63) is 108 Å². The van der Waals surface area contributed by atoms with E-state index in [1.807, 2.05) is 103 Å². The molecule has 1 aliphatic carbocycles. The van der Waals surface area contributed by atoms with Gasteiger partial charge in [0.15, 0.2) is 0 Å². The first-order valence-electron chi connectivity index (χ1n) is 12.5. The van der Waals surface area contributed by atoms with E-state index in [2.05, 4.69) is 14.8 Å². The molecule has 0 aromatic heterocycles. The number of cyclic esters (lactones) is 1. The Balaban J connectivity index is 1.63. The number of Topliss-reactive ketones (excluding diaryl/α,β-unsaturated/α-hetero) is 1. The number of amides is 1. The number of ketones is 1. The van der Waals surface area contributed by atoms with Crippen molar-refractivity contribution >= 4 is 30.3 Å². The second-order valence-electron chi connectivity index (χ2n) is 11.0. The Morgan fingerprint density at radius 1 is 0.861 bits per heavy atom. The van der Waals surface area contributed by atoms with Gasteiger partial charge in [-0.15, -0.1) is 0 Å². The zero-order chi connectivity index (χ0) is 25.6. The quantitative estimate of drug-likeness (QED) is 0.296. The first-order valence-corrected chi connectivity index (χ1v) is 22.5. The molecule has 1 saturated heterocycles. The van der Waals surface area contributed by atoms with E-state index in [4.69, 9.17) is 9.47 Å². The summed E-state index contributed by atoms with van der Waals surface area (Å²) in [5.41, 5.74) is 1.84. The Bertz CT molecular complexity index is 1240. The van der Waals surface area contributed by atoms with E-state index in [1.54, 1.807) is 0 Å². The van der Waals surface area contributed by atoms with Crippen LogP contribution in [0.15, 0.2) is 91.0 Å². The first-order chi connectivity index (χ1) is 17.2. The van der Waals surface area contributed by atoms with E-state index in [0.29, 0.717) is 13.0 Å². The van der Waals surface area contributed by atoms with Gasteiger partial charge in [0.05, 0.1) is 0 Å². The van der Waals surface area contributed by atoms with Gasteiger partial charge in [-0.2, -0.15) is 0 Å². The van der Waals surface area contributed by atoms with Crippen LogP contribution in [0.5, 0.6) is 0 Å². The molecule has 0 bridgehead atoms. The van der Waals surface area contributed by atoms with Gasteiger partial charge in [-0.05, 0) is 0 Å². The predicted molar refractivity (Wildman–Crippen MR) is 142 cm³/mol. The van der Waals surface area contributed by atoms with Gasteiger partial charge in [0.25, 0.3) is 0 Å². The third kappa shape index (κ3) is 3.88. The minimum atomic E-state index is -3.19.